The first kappa shape index (κ1) is 11.4. The van der Waals surface area contributed by atoms with Crippen molar-refractivity contribution in [1.82, 2.24) is 4.98 Å². The van der Waals surface area contributed by atoms with E-state index in [0.717, 1.165) is 10.2 Å². The molecular weight excluding hydrogens is 246 g/mol. The Morgan fingerprint density at radius 3 is 2.71 bits per heavy atom. The summed E-state index contributed by atoms with van der Waals surface area (Å²) in [5, 5.41) is 0. The van der Waals surface area contributed by atoms with Crippen LogP contribution >= 0.6 is 23.7 Å². The van der Waals surface area contributed by atoms with Crippen molar-refractivity contribution >= 4 is 44.1 Å². The summed E-state index contributed by atoms with van der Waals surface area (Å²) in [5.74, 6) is 0. The molecule has 0 atom stereocenters. The van der Waals surface area contributed by atoms with Gasteiger partial charge in [-0.15, -0.1) is 23.7 Å². The first-order chi connectivity index (χ1) is 6.07. The molecule has 0 unspecified atom stereocenters. The van der Waals surface area contributed by atoms with Gasteiger partial charge in [-0.25, -0.2) is 4.98 Å². The number of aromatic nitrogens is 1. The molecule has 0 radical (unpaired) electrons. The molecule has 1 N–H and O–H groups in total. The minimum absolute atomic E-state index is 0. The lowest BCUT2D eigenvalue weighted by Gasteiger charge is -1.94. The monoisotopic (exact) mass is 251 g/mol. The van der Waals surface area contributed by atoms with Crippen LogP contribution in [0, 0.1) is 0 Å². The second kappa shape index (κ2) is 3.82. The van der Waals surface area contributed by atoms with E-state index in [1.54, 1.807) is 11.6 Å². The Morgan fingerprint density at radius 2 is 2.07 bits per heavy atom. The van der Waals surface area contributed by atoms with Crippen molar-refractivity contribution < 1.29 is 13.0 Å². The largest absolute Gasteiger partial charge is 0.294 e. The van der Waals surface area contributed by atoms with Gasteiger partial charge in [0.05, 0.1) is 20.6 Å². The Labute approximate surface area is 90.8 Å². The van der Waals surface area contributed by atoms with Crippen LogP contribution in [0.15, 0.2) is 28.6 Å². The minimum atomic E-state index is -4.09. The fourth-order valence-corrected chi connectivity index (χ4v) is 2.29. The number of benzene rings is 1. The number of hydrogen-bond acceptors (Lipinski definition) is 4. The topological polar surface area (TPSA) is 67.3 Å². The smallest absolute Gasteiger partial charge is 0.282 e. The minimum Gasteiger partial charge on any atom is -0.282 e. The molecule has 1 heterocycles. The second-order valence-corrected chi connectivity index (χ2v) is 4.76. The maximum absolute atomic E-state index is 10.7. The summed E-state index contributed by atoms with van der Waals surface area (Å²) < 4.78 is 31.0. The number of nitrogens with zero attached hydrogens (tertiary/aromatic N) is 1. The van der Waals surface area contributed by atoms with E-state index in [1.807, 2.05) is 0 Å². The molecule has 0 bridgehead atoms. The molecule has 76 valence electrons. The SMILES string of the molecule is Cl.O=S(=O)(O)c1ccc2ncsc2c1. The Balaban J connectivity index is 0.000000980. The van der Waals surface area contributed by atoms with E-state index in [2.05, 4.69) is 4.98 Å². The Kier molecular flexibility index (Phi) is 3.10. The molecular formula is C7H6ClNO3S2. The van der Waals surface area contributed by atoms with E-state index < -0.39 is 10.1 Å². The molecule has 0 fully saturated rings. The van der Waals surface area contributed by atoms with E-state index in [4.69, 9.17) is 4.55 Å². The number of rotatable bonds is 1. The van der Waals surface area contributed by atoms with E-state index in [0.29, 0.717) is 0 Å². The molecule has 1 aromatic carbocycles. The molecule has 2 rings (SSSR count). The molecule has 4 nitrogen and oxygen atoms in total. The van der Waals surface area contributed by atoms with E-state index in [1.165, 1.54) is 23.5 Å². The maximum atomic E-state index is 10.7. The van der Waals surface area contributed by atoms with Crippen molar-refractivity contribution in [3.05, 3.63) is 23.7 Å². The van der Waals surface area contributed by atoms with Crippen LogP contribution < -0.4 is 0 Å². The van der Waals surface area contributed by atoms with Crippen LogP contribution in [-0.2, 0) is 10.1 Å². The average Bonchev–Trinajstić information content (AvgIpc) is 2.47. The molecule has 0 spiro atoms. The summed E-state index contributed by atoms with van der Waals surface area (Å²) in [7, 11) is -4.09. The molecule has 0 saturated heterocycles. The molecule has 7 heteroatoms. The molecule has 0 saturated carbocycles. The predicted molar refractivity (Wildman–Crippen MR) is 56.7 cm³/mol. The lowest BCUT2D eigenvalue weighted by Crippen LogP contribution is -1.96. The Morgan fingerprint density at radius 1 is 1.36 bits per heavy atom. The highest BCUT2D eigenvalue weighted by molar-refractivity contribution is 7.85. The van der Waals surface area contributed by atoms with E-state index in [9.17, 15) is 8.42 Å². The highest BCUT2D eigenvalue weighted by Crippen LogP contribution is 2.21. The van der Waals surface area contributed by atoms with Crippen LogP contribution in [0.2, 0.25) is 0 Å². The van der Waals surface area contributed by atoms with Crippen LogP contribution in [0.4, 0.5) is 0 Å². The van der Waals surface area contributed by atoms with Gasteiger partial charge in [0.2, 0.25) is 0 Å². The van der Waals surface area contributed by atoms with Crippen LogP contribution in [0.3, 0.4) is 0 Å². The fourth-order valence-electron chi connectivity index (χ4n) is 0.996. The van der Waals surface area contributed by atoms with Gasteiger partial charge in [-0.05, 0) is 18.2 Å². The highest BCUT2D eigenvalue weighted by atomic mass is 35.5. The van der Waals surface area contributed by atoms with Crippen molar-refractivity contribution in [3.63, 3.8) is 0 Å². The van der Waals surface area contributed by atoms with Gasteiger partial charge in [0.15, 0.2) is 0 Å². The third kappa shape index (κ3) is 2.03. The third-order valence-electron chi connectivity index (χ3n) is 1.60. The highest BCUT2D eigenvalue weighted by Gasteiger charge is 2.10. The zero-order valence-corrected chi connectivity index (χ0v) is 9.19. The first-order valence-electron chi connectivity index (χ1n) is 3.38. The summed E-state index contributed by atoms with van der Waals surface area (Å²) in [6, 6.07) is 4.30. The van der Waals surface area contributed by atoms with Gasteiger partial charge in [-0.2, -0.15) is 8.42 Å². The first-order valence-corrected chi connectivity index (χ1v) is 5.70. The quantitative estimate of drug-likeness (QED) is 0.787. The molecule has 1 aromatic heterocycles. The standard InChI is InChI=1S/C7H5NO3S2.ClH/c9-13(10,11)5-1-2-6-7(3-5)12-4-8-6;/h1-4H,(H,9,10,11);1H. The molecule has 0 aliphatic carbocycles. The van der Waals surface area contributed by atoms with Crippen molar-refractivity contribution in [1.29, 1.82) is 0 Å². The van der Waals surface area contributed by atoms with Crippen molar-refractivity contribution in [2.45, 2.75) is 4.90 Å². The number of thiazole rings is 1. The van der Waals surface area contributed by atoms with Crippen LogP contribution in [0.1, 0.15) is 0 Å². The van der Waals surface area contributed by atoms with Crippen LogP contribution in [-0.4, -0.2) is 18.0 Å². The molecule has 2 aromatic rings. The zero-order chi connectivity index (χ0) is 9.47. The Hall–Kier alpha value is -0.690. The van der Waals surface area contributed by atoms with Gasteiger partial charge in [0.25, 0.3) is 10.1 Å². The van der Waals surface area contributed by atoms with Gasteiger partial charge in [-0.1, -0.05) is 0 Å². The van der Waals surface area contributed by atoms with E-state index >= 15 is 0 Å². The van der Waals surface area contributed by atoms with E-state index in [-0.39, 0.29) is 17.3 Å². The molecule has 0 aliphatic rings. The number of halogens is 1. The van der Waals surface area contributed by atoms with Crippen molar-refractivity contribution in [2.24, 2.45) is 0 Å². The number of hydrogen-bond donors (Lipinski definition) is 1. The molecule has 14 heavy (non-hydrogen) atoms. The zero-order valence-electron chi connectivity index (χ0n) is 6.75. The lowest BCUT2D eigenvalue weighted by molar-refractivity contribution is 0.483. The van der Waals surface area contributed by atoms with Gasteiger partial charge in [0.1, 0.15) is 0 Å². The van der Waals surface area contributed by atoms with Gasteiger partial charge in [-0.3, -0.25) is 4.55 Å². The molecule has 0 aliphatic heterocycles. The normalized spacial score (nSPS) is 11.2. The van der Waals surface area contributed by atoms with Gasteiger partial charge in [0, 0.05) is 0 Å². The summed E-state index contributed by atoms with van der Waals surface area (Å²) in [6.45, 7) is 0. The summed E-state index contributed by atoms with van der Waals surface area (Å²) in [4.78, 5) is 3.89. The predicted octanol–water partition coefficient (Wildman–Crippen LogP) is 1.96. The van der Waals surface area contributed by atoms with Gasteiger partial charge < -0.3 is 0 Å². The van der Waals surface area contributed by atoms with Crippen LogP contribution in [0.25, 0.3) is 10.2 Å². The summed E-state index contributed by atoms with van der Waals surface area (Å²) in [6.07, 6.45) is 0. The second-order valence-electron chi connectivity index (χ2n) is 2.46. The average molecular weight is 252 g/mol. The summed E-state index contributed by atoms with van der Waals surface area (Å²) >= 11 is 1.33. The summed E-state index contributed by atoms with van der Waals surface area (Å²) in [5.41, 5.74) is 2.36. The lowest BCUT2D eigenvalue weighted by atomic mass is 10.3. The fraction of sp³-hybridized carbons (Fsp3) is 0. The molecule has 0 amide bonds. The van der Waals surface area contributed by atoms with Crippen LogP contribution in [0.5, 0.6) is 0 Å². The maximum Gasteiger partial charge on any atom is 0.294 e. The third-order valence-corrected chi connectivity index (χ3v) is 3.24. The van der Waals surface area contributed by atoms with Crippen molar-refractivity contribution in [2.75, 3.05) is 0 Å². The Bertz CT molecular complexity index is 549. The number of fused-ring (bicyclic) bond motifs is 1. The van der Waals surface area contributed by atoms with Crippen molar-refractivity contribution in [3.8, 4) is 0 Å². The van der Waals surface area contributed by atoms with Gasteiger partial charge >= 0.3 is 0 Å².